The van der Waals surface area contributed by atoms with Crippen LogP contribution in [0.4, 0.5) is 0 Å². The van der Waals surface area contributed by atoms with Gasteiger partial charge in [0.2, 0.25) is 0 Å². The maximum Gasteiger partial charge on any atom is 0.254 e. The summed E-state index contributed by atoms with van der Waals surface area (Å²) in [6.45, 7) is 0.666. The monoisotopic (exact) mass is 291 g/mol. The molecule has 0 aliphatic rings. The summed E-state index contributed by atoms with van der Waals surface area (Å²) in [5.74, 6) is -0.223. The molecule has 1 unspecified atom stereocenters. The summed E-state index contributed by atoms with van der Waals surface area (Å²) < 4.78 is 10.2. The minimum Gasteiger partial charge on any atom is -0.457 e. The molecule has 0 aliphatic heterocycles. The Morgan fingerprint density at radius 1 is 1.75 bits per heavy atom. The van der Waals surface area contributed by atoms with Crippen molar-refractivity contribution in [3.05, 3.63) is 22.6 Å². The van der Waals surface area contributed by atoms with Crippen LogP contribution in [-0.2, 0) is 4.74 Å². The number of carbonyl (C=O) groups is 1. The van der Waals surface area contributed by atoms with Gasteiger partial charge in [-0.3, -0.25) is 4.79 Å². The van der Waals surface area contributed by atoms with E-state index in [0.29, 0.717) is 23.2 Å². The highest BCUT2D eigenvalue weighted by Gasteiger charge is 2.09. The number of hydrogen-bond donors (Lipinski definition) is 2. The van der Waals surface area contributed by atoms with Gasteiger partial charge in [0, 0.05) is 19.7 Å². The number of ether oxygens (including phenoxy) is 1. The maximum atomic E-state index is 11.5. The molecule has 1 amide bonds. The van der Waals surface area contributed by atoms with Gasteiger partial charge in [-0.05, 0) is 22.4 Å². The summed E-state index contributed by atoms with van der Waals surface area (Å²) in [6.07, 6.45) is 1.27. The minimum atomic E-state index is -0.554. The summed E-state index contributed by atoms with van der Waals surface area (Å²) >= 11 is 3.11. The number of nitrogens with one attached hydrogen (secondary N) is 1. The number of hydrogen-bond acceptors (Lipinski definition) is 4. The fourth-order valence-corrected chi connectivity index (χ4v) is 1.50. The lowest BCUT2D eigenvalue weighted by Gasteiger charge is -2.09. The molecule has 0 bridgehead atoms. The molecule has 90 valence electrons. The third-order valence-corrected chi connectivity index (χ3v) is 2.37. The molecule has 1 aromatic heterocycles. The first-order chi connectivity index (χ1) is 7.63. The predicted octanol–water partition coefficient (Wildman–Crippen LogP) is 1.17. The van der Waals surface area contributed by atoms with Crippen molar-refractivity contribution < 1.29 is 19.1 Å². The highest BCUT2D eigenvalue weighted by Crippen LogP contribution is 2.13. The van der Waals surface area contributed by atoms with E-state index < -0.39 is 6.10 Å². The molecule has 0 saturated carbocycles. The summed E-state index contributed by atoms with van der Waals surface area (Å²) in [7, 11) is 1.52. The fraction of sp³-hybridized carbons (Fsp3) is 0.500. The lowest BCUT2D eigenvalue weighted by Crippen LogP contribution is -2.28. The first-order valence-corrected chi connectivity index (χ1v) is 5.62. The van der Waals surface area contributed by atoms with Crippen molar-refractivity contribution >= 4 is 21.8 Å². The number of furan rings is 1. The normalized spacial score (nSPS) is 12.4. The van der Waals surface area contributed by atoms with Crippen molar-refractivity contribution in [2.75, 3.05) is 20.3 Å². The molecule has 5 nitrogen and oxygen atoms in total. The third-order valence-electron chi connectivity index (χ3n) is 1.95. The first-order valence-electron chi connectivity index (χ1n) is 4.82. The Bertz CT molecular complexity index is 339. The Morgan fingerprint density at radius 2 is 2.50 bits per heavy atom. The highest BCUT2D eigenvalue weighted by molar-refractivity contribution is 9.10. The summed E-state index contributed by atoms with van der Waals surface area (Å²) in [6, 6.07) is 1.58. The summed E-state index contributed by atoms with van der Waals surface area (Å²) in [5, 5.41) is 12.0. The lowest BCUT2D eigenvalue weighted by molar-refractivity contribution is 0.0587. The van der Waals surface area contributed by atoms with Crippen LogP contribution in [0.25, 0.3) is 0 Å². The standard InChI is InChI=1S/C10H14BrNO4/c1-15-6-8(13)2-3-12-10(14)7-4-9(11)16-5-7/h4-5,8,13H,2-3,6H2,1H3,(H,12,14). The van der Waals surface area contributed by atoms with Gasteiger partial charge in [-0.2, -0.15) is 0 Å². The molecular weight excluding hydrogens is 278 g/mol. The van der Waals surface area contributed by atoms with Gasteiger partial charge in [0.05, 0.1) is 18.3 Å². The molecule has 16 heavy (non-hydrogen) atoms. The molecule has 1 heterocycles. The van der Waals surface area contributed by atoms with Gasteiger partial charge in [-0.15, -0.1) is 0 Å². The Morgan fingerprint density at radius 3 is 3.06 bits per heavy atom. The van der Waals surface area contributed by atoms with E-state index in [1.54, 1.807) is 6.07 Å². The SMILES string of the molecule is COCC(O)CCNC(=O)c1coc(Br)c1. The van der Waals surface area contributed by atoms with Crippen LogP contribution in [0.3, 0.4) is 0 Å². The van der Waals surface area contributed by atoms with Crippen LogP contribution in [0, 0.1) is 0 Å². The fourth-order valence-electron chi connectivity index (χ4n) is 1.16. The Kier molecular flexibility index (Phi) is 5.51. The summed E-state index contributed by atoms with van der Waals surface area (Å²) in [5.41, 5.74) is 0.452. The quantitative estimate of drug-likeness (QED) is 0.825. The van der Waals surface area contributed by atoms with Crippen LogP contribution >= 0.6 is 15.9 Å². The van der Waals surface area contributed by atoms with Crippen molar-refractivity contribution in [3.63, 3.8) is 0 Å². The van der Waals surface area contributed by atoms with E-state index in [0.717, 1.165) is 0 Å². The molecule has 0 spiro atoms. The van der Waals surface area contributed by atoms with E-state index in [-0.39, 0.29) is 12.5 Å². The highest BCUT2D eigenvalue weighted by atomic mass is 79.9. The van der Waals surface area contributed by atoms with Crippen molar-refractivity contribution in [1.82, 2.24) is 5.32 Å². The van der Waals surface area contributed by atoms with Crippen molar-refractivity contribution in [1.29, 1.82) is 0 Å². The molecule has 6 heteroatoms. The molecule has 0 aliphatic carbocycles. The minimum absolute atomic E-state index is 0.223. The van der Waals surface area contributed by atoms with Crippen molar-refractivity contribution in [2.24, 2.45) is 0 Å². The largest absolute Gasteiger partial charge is 0.457 e. The molecule has 0 radical (unpaired) electrons. The number of amides is 1. The number of aliphatic hydroxyl groups is 1. The van der Waals surface area contributed by atoms with Gasteiger partial charge in [0.25, 0.3) is 5.91 Å². The zero-order valence-electron chi connectivity index (χ0n) is 8.90. The molecule has 0 aromatic carbocycles. The molecule has 1 rings (SSSR count). The van der Waals surface area contributed by atoms with Crippen LogP contribution in [0.2, 0.25) is 0 Å². The maximum absolute atomic E-state index is 11.5. The van der Waals surface area contributed by atoms with Gasteiger partial charge in [-0.25, -0.2) is 0 Å². The van der Waals surface area contributed by atoms with E-state index in [4.69, 9.17) is 9.15 Å². The van der Waals surface area contributed by atoms with Crippen LogP contribution in [0.15, 0.2) is 21.4 Å². The van der Waals surface area contributed by atoms with Crippen LogP contribution in [0.1, 0.15) is 16.8 Å². The zero-order chi connectivity index (χ0) is 12.0. The zero-order valence-corrected chi connectivity index (χ0v) is 10.5. The third kappa shape index (κ3) is 4.34. The number of halogens is 1. The van der Waals surface area contributed by atoms with Crippen molar-refractivity contribution in [3.8, 4) is 0 Å². The van der Waals surface area contributed by atoms with Crippen LogP contribution in [-0.4, -0.2) is 37.4 Å². The average molecular weight is 292 g/mol. The number of rotatable bonds is 6. The number of methoxy groups -OCH3 is 1. The Labute approximate surface area is 102 Å². The predicted molar refractivity (Wildman–Crippen MR) is 61.2 cm³/mol. The summed E-state index contributed by atoms with van der Waals surface area (Å²) in [4.78, 5) is 11.5. The smallest absolute Gasteiger partial charge is 0.254 e. The van der Waals surface area contributed by atoms with Crippen LogP contribution < -0.4 is 5.32 Å². The average Bonchev–Trinajstić information content (AvgIpc) is 2.65. The van der Waals surface area contributed by atoms with E-state index in [9.17, 15) is 9.90 Å². The van der Waals surface area contributed by atoms with Crippen molar-refractivity contribution in [2.45, 2.75) is 12.5 Å². The van der Waals surface area contributed by atoms with Gasteiger partial charge < -0.3 is 19.6 Å². The van der Waals surface area contributed by atoms with Gasteiger partial charge >= 0.3 is 0 Å². The molecule has 0 saturated heterocycles. The molecule has 1 atom stereocenters. The molecule has 2 N–H and O–H groups in total. The topological polar surface area (TPSA) is 71.7 Å². The first kappa shape index (κ1) is 13.2. The second-order valence-corrected chi connectivity index (χ2v) is 4.07. The van der Waals surface area contributed by atoms with Gasteiger partial charge in [-0.1, -0.05) is 0 Å². The molecule has 1 aromatic rings. The second kappa shape index (κ2) is 6.67. The van der Waals surface area contributed by atoms with Crippen LogP contribution in [0.5, 0.6) is 0 Å². The molecular formula is C10H14BrNO4. The van der Waals surface area contributed by atoms with E-state index in [1.807, 2.05) is 0 Å². The van der Waals surface area contributed by atoms with E-state index in [2.05, 4.69) is 21.2 Å². The Balaban J connectivity index is 2.25. The van der Waals surface area contributed by atoms with E-state index >= 15 is 0 Å². The lowest BCUT2D eigenvalue weighted by atomic mass is 10.2. The van der Waals surface area contributed by atoms with Gasteiger partial charge in [0.1, 0.15) is 6.26 Å². The second-order valence-electron chi connectivity index (χ2n) is 3.29. The number of carbonyl (C=O) groups excluding carboxylic acids is 1. The Hall–Kier alpha value is -0.850. The number of aliphatic hydroxyl groups excluding tert-OH is 1. The van der Waals surface area contributed by atoms with Gasteiger partial charge in [0.15, 0.2) is 4.67 Å². The molecule has 0 fully saturated rings. The van der Waals surface area contributed by atoms with E-state index in [1.165, 1.54) is 13.4 Å².